The van der Waals surface area contributed by atoms with Gasteiger partial charge in [0.05, 0.1) is 6.07 Å². The van der Waals surface area contributed by atoms with Crippen LogP contribution < -0.4 is 4.72 Å². The van der Waals surface area contributed by atoms with E-state index in [9.17, 15) is 17.7 Å². The Hall–Kier alpha value is -0.790. The Morgan fingerprint density at radius 3 is 2.44 bits per heavy atom. The van der Waals surface area contributed by atoms with E-state index in [0.29, 0.717) is 4.47 Å². The summed E-state index contributed by atoms with van der Waals surface area (Å²) in [5.74, 6) is -4.52. The zero-order valence-corrected chi connectivity index (χ0v) is 16.7. The van der Waals surface area contributed by atoms with Crippen LogP contribution >= 0.6 is 15.9 Å². The van der Waals surface area contributed by atoms with E-state index >= 15 is 0 Å². The lowest BCUT2D eigenvalue weighted by molar-refractivity contribution is -0.128. The monoisotopic (exact) mass is 440 g/mol. The molecular weight excluding hydrogens is 421 g/mol. The quantitative estimate of drug-likeness (QED) is 0.513. The van der Waals surface area contributed by atoms with E-state index in [-0.39, 0.29) is 5.56 Å². The second kappa shape index (κ2) is 8.27. The molecule has 1 N–H and O–H groups in total. The minimum atomic E-state index is -3.65. The molecule has 0 aliphatic heterocycles. The van der Waals surface area contributed by atoms with Crippen LogP contribution in [0.3, 0.4) is 0 Å². The van der Waals surface area contributed by atoms with Crippen molar-refractivity contribution in [3.8, 4) is 6.07 Å². The molecule has 25 heavy (non-hydrogen) atoms. The van der Waals surface area contributed by atoms with Gasteiger partial charge in [-0.3, -0.25) is 0 Å². The lowest BCUT2D eigenvalue weighted by atomic mass is 9.86. The van der Waals surface area contributed by atoms with Gasteiger partial charge in [-0.2, -0.15) is 5.26 Å². The first-order valence-corrected chi connectivity index (χ1v) is 9.27. The van der Waals surface area contributed by atoms with E-state index in [4.69, 9.17) is 5.26 Å². The fourth-order valence-corrected chi connectivity index (χ4v) is 3.21. The first-order chi connectivity index (χ1) is 11.3. The topological polar surface area (TPSA) is 68.1 Å². The maximum atomic E-state index is 14.9. The highest BCUT2D eigenvalue weighted by Crippen LogP contribution is 2.41. The van der Waals surface area contributed by atoms with Gasteiger partial charge in [-0.05, 0) is 45.9 Å². The molecule has 0 saturated carbocycles. The Bertz CT molecular complexity index is 649. The third-order valence-corrected chi connectivity index (χ3v) is 5.70. The van der Waals surface area contributed by atoms with Crippen LogP contribution in [0.25, 0.3) is 0 Å². The number of nitrogens with zero attached hydrogens (tertiary/aromatic N) is 1. The summed E-state index contributed by atoms with van der Waals surface area (Å²) in [4.78, 5) is 0. The van der Waals surface area contributed by atoms with Gasteiger partial charge in [0.1, 0.15) is 23.8 Å². The van der Waals surface area contributed by atoms with Crippen molar-refractivity contribution in [2.24, 2.45) is 0 Å². The molecule has 1 unspecified atom stereocenters. The molecule has 0 fully saturated rings. The lowest BCUT2D eigenvalue weighted by Crippen LogP contribution is -2.60. The van der Waals surface area contributed by atoms with E-state index in [2.05, 4.69) is 25.4 Å². The summed E-state index contributed by atoms with van der Waals surface area (Å²) in [6.45, 7) is 4.23. The van der Waals surface area contributed by atoms with Gasteiger partial charge in [-0.1, -0.05) is 15.9 Å². The summed E-state index contributed by atoms with van der Waals surface area (Å²) in [5.41, 5.74) is -2.68. The Kier molecular flexibility index (Phi) is 7.36. The Balaban J connectivity index is 3.40. The average Bonchev–Trinajstić information content (AvgIpc) is 2.48. The molecule has 0 radical (unpaired) electrons. The van der Waals surface area contributed by atoms with Crippen molar-refractivity contribution in [1.29, 1.82) is 5.26 Å². The molecule has 0 saturated heterocycles. The summed E-state index contributed by atoms with van der Waals surface area (Å²) in [5, 5.41) is 8.47. The molecule has 1 rings (SSSR count). The first-order valence-electron chi connectivity index (χ1n) is 7.33. The van der Waals surface area contributed by atoms with Gasteiger partial charge in [0.25, 0.3) is 5.92 Å². The number of benzene rings is 1. The highest BCUT2D eigenvalue weighted by molar-refractivity contribution is 9.10. The number of hydrogen-bond donors (Lipinski definition) is 1. The zero-order valence-electron chi connectivity index (χ0n) is 14.3. The molecule has 1 aromatic carbocycles. The molecule has 0 aromatic heterocycles. The van der Waals surface area contributed by atoms with Crippen LogP contribution in [0.4, 0.5) is 13.2 Å². The van der Waals surface area contributed by atoms with Crippen LogP contribution in [0.1, 0.15) is 33.3 Å². The summed E-state index contributed by atoms with van der Waals surface area (Å²) in [7, 11) is 0. The minimum Gasteiger partial charge on any atom is -0.598 e. The molecule has 0 spiro atoms. The van der Waals surface area contributed by atoms with Crippen molar-refractivity contribution < 1.29 is 22.5 Å². The molecule has 0 amide bonds. The number of hydrogen-bond acceptors (Lipinski definition) is 4. The van der Waals surface area contributed by atoms with Gasteiger partial charge in [-0.15, -0.1) is 4.72 Å². The number of halogens is 4. The molecule has 0 bridgehead atoms. The number of nitriles is 1. The third kappa shape index (κ3) is 5.34. The average molecular weight is 441 g/mol. The zero-order chi connectivity index (χ0) is 19.5. The van der Waals surface area contributed by atoms with Crippen LogP contribution in [-0.2, 0) is 21.6 Å². The third-order valence-electron chi connectivity index (χ3n) is 3.50. The molecule has 0 aliphatic carbocycles. The number of nitrogens with one attached hydrogen (secondary N) is 1. The Labute approximate surface area is 157 Å². The molecule has 1 aromatic rings. The smallest absolute Gasteiger partial charge is 0.296 e. The standard InChI is InChI=1S/C16H20BrF3N2O2S/c1-14(2,3)25(23)22-15(4,16(19,20)10-24-8-7-21)12-9-11(17)5-6-13(12)18/h5-6,9,22H,8,10H2,1-4H3/t15-,25?/m1/s1. The number of alkyl halides is 2. The van der Waals surface area contributed by atoms with E-state index < -0.39 is 46.6 Å². The van der Waals surface area contributed by atoms with Crippen molar-refractivity contribution in [3.63, 3.8) is 0 Å². The van der Waals surface area contributed by atoms with Crippen molar-refractivity contribution >= 4 is 27.3 Å². The highest BCUT2D eigenvalue weighted by atomic mass is 79.9. The van der Waals surface area contributed by atoms with Crippen LogP contribution in [-0.4, -0.2) is 28.4 Å². The molecule has 140 valence electrons. The van der Waals surface area contributed by atoms with Crippen LogP contribution in [0.15, 0.2) is 22.7 Å². The molecular formula is C16H20BrF3N2O2S. The van der Waals surface area contributed by atoms with Gasteiger partial charge < -0.3 is 9.29 Å². The Morgan fingerprint density at radius 1 is 1.32 bits per heavy atom. The van der Waals surface area contributed by atoms with Crippen molar-refractivity contribution in [2.45, 2.75) is 43.9 Å². The lowest BCUT2D eigenvalue weighted by Gasteiger charge is -2.40. The van der Waals surface area contributed by atoms with E-state index in [1.165, 1.54) is 12.1 Å². The van der Waals surface area contributed by atoms with Crippen LogP contribution in [0.5, 0.6) is 0 Å². The SMILES string of the molecule is CC(C)(C)[S+]([O-])N[C@](C)(c1cc(Br)ccc1F)C(F)(F)COCC#N. The second-order valence-electron chi connectivity index (χ2n) is 6.59. The van der Waals surface area contributed by atoms with Crippen molar-refractivity contribution in [3.05, 3.63) is 34.1 Å². The highest BCUT2D eigenvalue weighted by Gasteiger charge is 2.56. The molecule has 0 heterocycles. The minimum absolute atomic E-state index is 0.356. The predicted octanol–water partition coefficient (Wildman–Crippen LogP) is 4.03. The maximum absolute atomic E-state index is 14.9. The van der Waals surface area contributed by atoms with Gasteiger partial charge in [0, 0.05) is 21.4 Å². The first kappa shape index (κ1) is 22.3. The van der Waals surface area contributed by atoms with Crippen molar-refractivity contribution in [2.75, 3.05) is 13.2 Å². The van der Waals surface area contributed by atoms with Gasteiger partial charge >= 0.3 is 0 Å². The van der Waals surface area contributed by atoms with E-state index in [1.54, 1.807) is 26.8 Å². The van der Waals surface area contributed by atoms with E-state index in [0.717, 1.165) is 13.0 Å². The molecule has 9 heteroatoms. The number of ether oxygens (including phenoxy) is 1. The predicted molar refractivity (Wildman–Crippen MR) is 93.9 cm³/mol. The Morgan fingerprint density at radius 2 is 1.92 bits per heavy atom. The normalized spacial score (nSPS) is 16.2. The summed E-state index contributed by atoms with van der Waals surface area (Å²) < 4.78 is 63.3. The van der Waals surface area contributed by atoms with Gasteiger partial charge in [-0.25, -0.2) is 13.2 Å². The molecule has 2 atom stereocenters. The maximum Gasteiger partial charge on any atom is 0.296 e. The molecule has 4 nitrogen and oxygen atoms in total. The fourth-order valence-electron chi connectivity index (χ4n) is 1.92. The second-order valence-corrected chi connectivity index (χ2v) is 9.47. The van der Waals surface area contributed by atoms with Gasteiger partial charge in [0.15, 0.2) is 5.54 Å². The largest absolute Gasteiger partial charge is 0.598 e. The summed E-state index contributed by atoms with van der Waals surface area (Å²) in [6, 6.07) is 5.23. The molecule has 0 aliphatic rings. The van der Waals surface area contributed by atoms with Crippen LogP contribution in [0, 0.1) is 17.1 Å². The number of rotatable bonds is 7. The van der Waals surface area contributed by atoms with E-state index in [1.807, 2.05) is 0 Å². The summed E-state index contributed by atoms with van der Waals surface area (Å²) >= 11 is 1.23. The van der Waals surface area contributed by atoms with Crippen LogP contribution in [0.2, 0.25) is 0 Å². The summed E-state index contributed by atoms with van der Waals surface area (Å²) in [6.07, 6.45) is 0. The van der Waals surface area contributed by atoms with Crippen molar-refractivity contribution in [1.82, 2.24) is 4.72 Å². The van der Waals surface area contributed by atoms with Gasteiger partial charge in [0.2, 0.25) is 0 Å². The fraction of sp³-hybridized carbons (Fsp3) is 0.562.